The van der Waals surface area contributed by atoms with Crippen molar-refractivity contribution in [3.8, 4) is 0 Å². The van der Waals surface area contributed by atoms with Gasteiger partial charge >= 0.3 is 6.03 Å². The first-order valence-electron chi connectivity index (χ1n) is 10.9. The third kappa shape index (κ3) is 2.28. The predicted molar refractivity (Wildman–Crippen MR) is 103 cm³/mol. The summed E-state index contributed by atoms with van der Waals surface area (Å²) in [6.07, 6.45) is 9.44. The molecule has 0 radical (unpaired) electrons. The van der Waals surface area contributed by atoms with Crippen molar-refractivity contribution in [1.82, 2.24) is 9.80 Å². The molecular formula is C23H30N2O2. The highest BCUT2D eigenvalue weighted by molar-refractivity contribution is 5.80. The lowest BCUT2D eigenvalue weighted by molar-refractivity contribution is -0.164. The summed E-state index contributed by atoms with van der Waals surface area (Å²) in [4.78, 5) is 18.0. The third-order valence-corrected chi connectivity index (χ3v) is 8.46. The summed E-state index contributed by atoms with van der Waals surface area (Å²) in [7, 11) is 0. The Morgan fingerprint density at radius 3 is 2.48 bits per heavy atom. The van der Waals surface area contributed by atoms with Gasteiger partial charge in [0.05, 0.1) is 11.1 Å². The van der Waals surface area contributed by atoms with E-state index in [4.69, 9.17) is 0 Å². The molecule has 1 N–H and O–H groups in total. The van der Waals surface area contributed by atoms with E-state index in [0.717, 1.165) is 64.5 Å². The van der Waals surface area contributed by atoms with Gasteiger partial charge in [-0.2, -0.15) is 0 Å². The van der Waals surface area contributed by atoms with Gasteiger partial charge in [-0.3, -0.25) is 0 Å². The zero-order valence-corrected chi connectivity index (χ0v) is 16.1. The lowest BCUT2D eigenvalue weighted by atomic mass is 9.50. The van der Waals surface area contributed by atoms with Crippen molar-refractivity contribution < 1.29 is 9.90 Å². The minimum atomic E-state index is -0.510. The maximum absolute atomic E-state index is 13.6. The molecule has 144 valence electrons. The number of fused-ring (bicyclic) bond motifs is 1. The van der Waals surface area contributed by atoms with E-state index in [9.17, 15) is 9.90 Å². The first-order valence-corrected chi connectivity index (χ1v) is 10.9. The van der Waals surface area contributed by atoms with Gasteiger partial charge in [0.2, 0.25) is 0 Å². The van der Waals surface area contributed by atoms with Crippen LogP contribution in [0, 0.1) is 11.8 Å². The quantitative estimate of drug-likeness (QED) is 0.889. The molecule has 2 aliphatic heterocycles. The Hall–Kier alpha value is -1.55. The maximum Gasteiger partial charge on any atom is 0.321 e. The molecule has 6 fully saturated rings. The smallest absolute Gasteiger partial charge is 0.321 e. The molecule has 1 aromatic carbocycles. The lowest BCUT2D eigenvalue weighted by Gasteiger charge is -2.62. The Morgan fingerprint density at radius 1 is 1.04 bits per heavy atom. The molecule has 4 heteroatoms. The zero-order chi connectivity index (χ0) is 18.3. The van der Waals surface area contributed by atoms with Crippen molar-refractivity contribution in [1.29, 1.82) is 0 Å². The van der Waals surface area contributed by atoms with E-state index in [2.05, 4.69) is 40.1 Å². The molecule has 4 aliphatic carbocycles. The summed E-state index contributed by atoms with van der Waals surface area (Å²) in [5.41, 5.74) is 0.710. The molecule has 0 spiro atoms. The number of amides is 2. The monoisotopic (exact) mass is 366 g/mol. The van der Waals surface area contributed by atoms with Crippen LogP contribution >= 0.6 is 0 Å². The normalized spacial score (nSPS) is 45.0. The van der Waals surface area contributed by atoms with Crippen LogP contribution in [0.1, 0.15) is 56.9 Å². The van der Waals surface area contributed by atoms with Crippen LogP contribution in [0.3, 0.4) is 0 Å². The van der Waals surface area contributed by atoms with E-state index in [0.29, 0.717) is 11.8 Å². The van der Waals surface area contributed by atoms with Gasteiger partial charge in [-0.05, 0) is 75.2 Å². The molecule has 2 saturated heterocycles. The predicted octanol–water partition coefficient (Wildman–Crippen LogP) is 3.58. The minimum absolute atomic E-state index is 0.0373. The number of aliphatic hydroxyl groups is 1. The van der Waals surface area contributed by atoms with Crippen LogP contribution in [-0.2, 0) is 6.42 Å². The highest BCUT2D eigenvalue weighted by atomic mass is 16.3. The number of hydrogen-bond donors (Lipinski definition) is 1. The molecule has 3 atom stereocenters. The fourth-order valence-corrected chi connectivity index (χ4v) is 7.98. The summed E-state index contributed by atoms with van der Waals surface area (Å²) in [6, 6.07) is 10.9. The standard InChI is InChI=1S/C23H30N2O2/c26-20-24-8-4-7-21(24,10-17-5-2-1-3-6-17)16-25(20)22-11-18-9-19(12-22)14-23(27,13-18)15-22/h1-3,5-6,18-19,27H,4,7-16H2. The van der Waals surface area contributed by atoms with Crippen molar-refractivity contribution in [2.24, 2.45) is 11.8 Å². The Balaban J connectivity index is 1.34. The van der Waals surface area contributed by atoms with Gasteiger partial charge in [-0.1, -0.05) is 30.3 Å². The van der Waals surface area contributed by atoms with Crippen molar-refractivity contribution in [2.75, 3.05) is 13.1 Å². The molecule has 6 aliphatic rings. The maximum atomic E-state index is 13.6. The summed E-state index contributed by atoms with van der Waals surface area (Å²) in [5.74, 6) is 1.23. The fourth-order valence-electron chi connectivity index (χ4n) is 7.98. The zero-order valence-electron chi connectivity index (χ0n) is 16.1. The average Bonchev–Trinajstić information content (AvgIpc) is 3.12. The summed E-state index contributed by atoms with van der Waals surface area (Å²) in [5, 5.41) is 11.2. The van der Waals surface area contributed by atoms with E-state index in [1.807, 2.05) is 0 Å². The molecule has 4 bridgehead atoms. The van der Waals surface area contributed by atoms with Gasteiger partial charge in [-0.15, -0.1) is 0 Å². The second-order valence-electron chi connectivity index (χ2n) is 10.4. The first-order chi connectivity index (χ1) is 13.0. The van der Waals surface area contributed by atoms with Crippen molar-refractivity contribution in [3.63, 3.8) is 0 Å². The van der Waals surface area contributed by atoms with Gasteiger partial charge in [0, 0.05) is 18.6 Å². The largest absolute Gasteiger partial charge is 0.390 e. The second-order valence-corrected chi connectivity index (χ2v) is 10.4. The number of nitrogens with zero attached hydrogens (tertiary/aromatic N) is 2. The van der Waals surface area contributed by atoms with Gasteiger partial charge in [0.15, 0.2) is 0 Å². The summed E-state index contributed by atoms with van der Waals surface area (Å²) < 4.78 is 0. The summed E-state index contributed by atoms with van der Waals surface area (Å²) in [6.45, 7) is 1.76. The molecule has 27 heavy (non-hydrogen) atoms. The summed E-state index contributed by atoms with van der Waals surface area (Å²) >= 11 is 0. The first kappa shape index (κ1) is 16.4. The SMILES string of the molecule is O=C1N2CCCC2(Cc2ccccc2)CN1C12CC3CC(CC(O)(C3)C1)C2. The van der Waals surface area contributed by atoms with Crippen LogP contribution in [0.25, 0.3) is 0 Å². The molecule has 3 unspecified atom stereocenters. The Bertz CT molecular complexity index is 764. The van der Waals surface area contributed by atoms with Gasteiger partial charge in [0.1, 0.15) is 0 Å². The van der Waals surface area contributed by atoms with Gasteiger partial charge in [0.25, 0.3) is 0 Å². The van der Waals surface area contributed by atoms with Crippen LogP contribution < -0.4 is 0 Å². The number of hydrogen-bond acceptors (Lipinski definition) is 2. The van der Waals surface area contributed by atoms with E-state index >= 15 is 0 Å². The minimum Gasteiger partial charge on any atom is -0.390 e. The number of carbonyl (C=O) groups excluding carboxylic acids is 1. The van der Waals surface area contributed by atoms with Crippen LogP contribution in [-0.4, -0.2) is 50.7 Å². The molecule has 4 saturated carbocycles. The highest BCUT2D eigenvalue weighted by Crippen LogP contribution is 2.61. The van der Waals surface area contributed by atoms with Gasteiger partial charge < -0.3 is 14.9 Å². The molecule has 1 aromatic rings. The molecule has 4 nitrogen and oxygen atoms in total. The molecule has 2 heterocycles. The third-order valence-electron chi connectivity index (χ3n) is 8.46. The highest BCUT2D eigenvalue weighted by Gasteiger charge is 2.64. The van der Waals surface area contributed by atoms with E-state index in [1.54, 1.807) is 0 Å². The number of benzene rings is 1. The Kier molecular flexibility index (Phi) is 3.21. The molecule has 0 aromatic heterocycles. The van der Waals surface area contributed by atoms with Crippen LogP contribution in [0.2, 0.25) is 0 Å². The number of carbonyl (C=O) groups is 1. The van der Waals surface area contributed by atoms with Crippen LogP contribution in [0.4, 0.5) is 4.79 Å². The number of rotatable bonds is 3. The Morgan fingerprint density at radius 2 is 1.78 bits per heavy atom. The van der Waals surface area contributed by atoms with Crippen molar-refractivity contribution in [3.05, 3.63) is 35.9 Å². The van der Waals surface area contributed by atoms with E-state index in [1.165, 1.54) is 12.0 Å². The second kappa shape index (κ2) is 5.28. The van der Waals surface area contributed by atoms with Crippen LogP contribution in [0.15, 0.2) is 30.3 Å². The average molecular weight is 367 g/mol. The number of urea groups is 1. The van der Waals surface area contributed by atoms with E-state index < -0.39 is 5.60 Å². The van der Waals surface area contributed by atoms with Crippen LogP contribution in [0.5, 0.6) is 0 Å². The van der Waals surface area contributed by atoms with Gasteiger partial charge in [-0.25, -0.2) is 4.79 Å². The van der Waals surface area contributed by atoms with Crippen molar-refractivity contribution in [2.45, 2.75) is 74.5 Å². The van der Waals surface area contributed by atoms with Crippen molar-refractivity contribution >= 4 is 6.03 Å². The fraction of sp³-hybridized carbons (Fsp3) is 0.696. The topological polar surface area (TPSA) is 43.8 Å². The van der Waals surface area contributed by atoms with E-state index in [-0.39, 0.29) is 17.1 Å². The molecule has 2 amide bonds. The molecular weight excluding hydrogens is 336 g/mol. The Labute approximate surface area is 161 Å². The molecule has 7 rings (SSSR count). The lowest BCUT2D eigenvalue weighted by Crippen LogP contribution is -2.66.